The molecule has 65 heavy (non-hydrogen) atoms. The lowest BCUT2D eigenvalue weighted by molar-refractivity contribution is 0.659. The van der Waals surface area contributed by atoms with Gasteiger partial charge in [0.15, 0.2) is 0 Å². The molecule has 0 radical (unpaired) electrons. The fourth-order valence-corrected chi connectivity index (χ4v) is 12.3. The molecule has 0 saturated heterocycles. The molecule has 1 heterocycles. The fraction of sp³-hybridized carbons (Fsp3) is 0.0938. The molecular formula is C64H44O. The van der Waals surface area contributed by atoms with Crippen LogP contribution in [-0.4, -0.2) is 0 Å². The first-order valence-electron chi connectivity index (χ1n) is 23.0. The third-order valence-electron chi connectivity index (χ3n) is 15.5. The molecule has 1 nitrogen and oxygen atoms in total. The van der Waals surface area contributed by atoms with Crippen LogP contribution in [0.2, 0.25) is 0 Å². The fourth-order valence-electron chi connectivity index (χ4n) is 12.3. The molecule has 12 aromatic rings. The predicted molar refractivity (Wildman–Crippen MR) is 275 cm³/mol. The Morgan fingerprint density at radius 3 is 1.60 bits per heavy atom. The van der Waals surface area contributed by atoms with Gasteiger partial charge in [-0.1, -0.05) is 191 Å². The lowest BCUT2D eigenvalue weighted by atomic mass is 9.80. The maximum Gasteiger partial charge on any atom is 0.143 e. The Morgan fingerprint density at radius 1 is 0.308 bits per heavy atom. The Labute approximate surface area is 378 Å². The molecule has 1 heteroatoms. The molecule has 11 aromatic carbocycles. The number of rotatable bonds is 3. The van der Waals surface area contributed by atoms with E-state index in [4.69, 9.17) is 4.42 Å². The molecular weight excluding hydrogens is 785 g/mol. The van der Waals surface area contributed by atoms with Gasteiger partial charge in [0.2, 0.25) is 0 Å². The average molecular weight is 829 g/mol. The topological polar surface area (TPSA) is 13.1 Å². The summed E-state index contributed by atoms with van der Waals surface area (Å²) in [5.41, 5.74) is 20.0. The summed E-state index contributed by atoms with van der Waals surface area (Å²) >= 11 is 0. The third-order valence-corrected chi connectivity index (χ3v) is 15.5. The molecule has 14 rings (SSSR count). The predicted octanol–water partition coefficient (Wildman–Crippen LogP) is 17.8. The van der Waals surface area contributed by atoms with Gasteiger partial charge >= 0.3 is 0 Å². The van der Waals surface area contributed by atoms with Gasteiger partial charge in [-0.25, -0.2) is 0 Å². The van der Waals surface area contributed by atoms with Gasteiger partial charge in [0.1, 0.15) is 11.2 Å². The van der Waals surface area contributed by atoms with Crippen molar-refractivity contribution in [3.8, 4) is 55.6 Å². The minimum Gasteiger partial charge on any atom is -0.455 e. The largest absolute Gasteiger partial charge is 0.455 e. The molecule has 2 aliphatic carbocycles. The van der Waals surface area contributed by atoms with Crippen molar-refractivity contribution < 1.29 is 4.42 Å². The van der Waals surface area contributed by atoms with Crippen molar-refractivity contribution in [3.63, 3.8) is 0 Å². The minimum absolute atomic E-state index is 0.162. The van der Waals surface area contributed by atoms with Crippen molar-refractivity contribution in [2.45, 2.75) is 38.5 Å². The maximum absolute atomic E-state index is 6.66. The van der Waals surface area contributed by atoms with Crippen LogP contribution in [0, 0.1) is 0 Å². The highest BCUT2D eigenvalue weighted by Crippen LogP contribution is 2.56. The Balaban J connectivity index is 0.903. The van der Waals surface area contributed by atoms with Crippen molar-refractivity contribution in [1.82, 2.24) is 0 Å². The van der Waals surface area contributed by atoms with E-state index in [0.717, 1.165) is 11.2 Å². The van der Waals surface area contributed by atoms with Crippen LogP contribution >= 0.6 is 0 Å². The third kappa shape index (κ3) is 4.93. The Kier molecular flexibility index (Phi) is 7.30. The zero-order chi connectivity index (χ0) is 43.3. The van der Waals surface area contributed by atoms with E-state index >= 15 is 0 Å². The van der Waals surface area contributed by atoms with Gasteiger partial charge in [0.25, 0.3) is 0 Å². The standard InChI is InChI=1S/C64H44O/c1-63(2)53-32-28-41(58-46-18-7-9-20-48(46)60(49-21-10-8-19-47(49)58)45-22-13-15-37-14-5-6-16-42(37)45)34-52(53)43-29-25-39(35-55(43)63)40-26-31-51-56(36-40)64(3,4)54-33-27-38-24-30-50-44-17-11-12-23-57(44)65-62(50)59(38)61(51)54/h5-36H,1-4H3. The van der Waals surface area contributed by atoms with Crippen molar-refractivity contribution in [3.05, 3.63) is 216 Å². The summed E-state index contributed by atoms with van der Waals surface area (Å²) in [7, 11) is 0. The summed E-state index contributed by atoms with van der Waals surface area (Å²) in [6.45, 7) is 9.57. The van der Waals surface area contributed by atoms with Crippen LogP contribution in [0.5, 0.6) is 0 Å². The highest BCUT2D eigenvalue weighted by molar-refractivity contribution is 6.24. The molecule has 0 unspecified atom stereocenters. The summed E-state index contributed by atoms with van der Waals surface area (Å²) in [5, 5.41) is 12.4. The minimum atomic E-state index is -0.173. The second kappa shape index (κ2) is 12.9. The van der Waals surface area contributed by atoms with Crippen LogP contribution in [-0.2, 0) is 10.8 Å². The first kappa shape index (κ1) is 36.7. The van der Waals surface area contributed by atoms with E-state index in [-0.39, 0.29) is 10.8 Å². The van der Waals surface area contributed by atoms with Gasteiger partial charge in [-0.2, -0.15) is 0 Å². The van der Waals surface area contributed by atoms with Gasteiger partial charge in [-0.3, -0.25) is 0 Å². The lowest BCUT2D eigenvalue weighted by Crippen LogP contribution is -2.15. The van der Waals surface area contributed by atoms with Crippen molar-refractivity contribution in [2.75, 3.05) is 0 Å². The van der Waals surface area contributed by atoms with E-state index < -0.39 is 0 Å². The monoisotopic (exact) mass is 828 g/mol. The van der Waals surface area contributed by atoms with Gasteiger partial charge in [0, 0.05) is 27.0 Å². The highest BCUT2D eigenvalue weighted by Gasteiger charge is 2.39. The van der Waals surface area contributed by atoms with E-state index in [1.54, 1.807) is 0 Å². The van der Waals surface area contributed by atoms with Gasteiger partial charge in [0.05, 0.1) is 0 Å². The maximum atomic E-state index is 6.66. The van der Waals surface area contributed by atoms with Crippen LogP contribution in [0.1, 0.15) is 49.9 Å². The van der Waals surface area contributed by atoms with Gasteiger partial charge in [-0.15, -0.1) is 0 Å². The average Bonchev–Trinajstić information content (AvgIpc) is 3.92. The lowest BCUT2D eigenvalue weighted by Gasteiger charge is -2.23. The molecule has 0 spiro atoms. The van der Waals surface area contributed by atoms with Crippen LogP contribution in [0.3, 0.4) is 0 Å². The second-order valence-electron chi connectivity index (χ2n) is 19.5. The zero-order valence-corrected chi connectivity index (χ0v) is 36.9. The zero-order valence-electron chi connectivity index (χ0n) is 36.9. The highest BCUT2D eigenvalue weighted by atomic mass is 16.3. The van der Waals surface area contributed by atoms with Crippen LogP contribution in [0.25, 0.3) is 121 Å². The number of furan rings is 1. The Morgan fingerprint density at radius 2 is 0.862 bits per heavy atom. The molecule has 0 aliphatic heterocycles. The van der Waals surface area contributed by atoms with Crippen molar-refractivity contribution >= 4 is 65.0 Å². The number of fused-ring (bicyclic) bond motifs is 15. The molecule has 0 bridgehead atoms. The summed E-state index contributed by atoms with van der Waals surface area (Å²) in [6, 6.07) is 72.7. The quantitative estimate of drug-likeness (QED) is 0.162. The Hall–Kier alpha value is -7.74. The SMILES string of the molecule is CC1(C)c2ccc(-c3c4ccccc4c(-c4cccc5ccccc45)c4ccccc34)cc2-c2ccc(-c3ccc4c(c3)C(C)(C)c3ccc5ccc6c7ccccc7oc6c5c3-4)cc21. The van der Waals surface area contributed by atoms with E-state index in [9.17, 15) is 0 Å². The first-order valence-corrected chi connectivity index (χ1v) is 23.0. The van der Waals surface area contributed by atoms with E-state index in [0.29, 0.717) is 0 Å². The summed E-state index contributed by atoms with van der Waals surface area (Å²) < 4.78 is 6.66. The van der Waals surface area contributed by atoms with Gasteiger partial charge in [-0.05, 0) is 146 Å². The van der Waals surface area contributed by atoms with Crippen molar-refractivity contribution in [2.24, 2.45) is 0 Å². The summed E-state index contributed by atoms with van der Waals surface area (Å²) in [6.07, 6.45) is 0. The van der Waals surface area contributed by atoms with E-state index in [1.165, 1.54) is 132 Å². The molecule has 0 atom stereocenters. The number of hydrogen-bond acceptors (Lipinski definition) is 1. The van der Waals surface area contributed by atoms with Crippen molar-refractivity contribution in [1.29, 1.82) is 0 Å². The van der Waals surface area contributed by atoms with Crippen LogP contribution in [0.15, 0.2) is 199 Å². The molecule has 0 saturated carbocycles. The van der Waals surface area contributed by atoms with E-state index in [1.807, 2.05) is 0 Å². The Bertz CT molecular complexity index is 4000. The smallest absolute Gasteiger partial charge is 0.143 e. The molecule has 0 fully saturated rings. The van der Waals surface area contributed by atoms with Crippen LogP contribution < -0.4 is 0 Å². The molecule has 0 N–H and O–H groups in total. The normalized spacial score (nSPS) is 14.4. The number of hydrogen-bond donors (Lipinski definition) is 0. The van der Waals surface area contributed by atoms with Crippen LogP contribution in [0.4, 0.5) is 0 Å². The van der Waals surface area contributed by atoms with Gasteiger partial charge < -0.3 is 4.42 Å². The number of benzene rings is 11. The summed E-state index contributed by atoms with van der Waals surface area (Å²) in [5.74, 6) is 0. The molecule has 2 aliphatic rings. The second-order valence-corrected chi connectivity index (χ2v) is 19.5. The van der Waals surface area contributed by atoms with E-state index in [2.05, 4.69) is 222 Å². The molecule has 1 aromatic heterocycles. The first-order chi connectivity index (χ1) is 31.8. The molecule has 0 amide bonds. The molecule has 306 valence electrons. The number of para-hydroxylation sites is 1. The summed E-state index contributed by atoms with van der Waals surface area (Å²) in [4.78, 5) is 0.